The number of rotatable bonds is 3. The maximum atomic E-state index is 10.3. The van der Waals surface area contributed by atoms with Gasteiger partial charge in [0.2, 0.25) is 0 Å². The third kappa shape index (κ3) is 1.59. The lowest BCUT2D eigenvalue weighted by atomic mass is 10.5. The highest BCUT2D eigenvalue weighted by molar-refractivity contribution is 5.53. The largest absolute Gasteiger partial charge is 0.440 e. The van der Waals surface area contributed by atoms with Gasteiger partial charge in [0.1, 0.15) is 11.0 Å². The predicted molar refractivity (Wildman–Crippen MR) is 40.8 cm³/mol. The Hall–Kier alpha value is -2.61. The second kappa shape index (κ2) is 3.41. The summed E-state index contributed by atoms with van der Waals surface area (Å²) in [6.07, 6.45) is 0. The van der Waals surface area contributed by atoms with Gasteiger partial charge < -0.3 is 4.42 Å². The van der Waals surface area contributed by atoms with Gasteiger partial charge in [0, 0.05) is 4.91 Å². The zero-order valence-corrected chi connectivity index (χ0v) is 6.35. The van der Waals surface area contributed by atoms with Crippen LogP contribution in [0.5, 0.6) is 0 Å². The van der Waals surface area contributed by atoms with Crippen LogP contribution >= 0.6 is 0 Å². The van der Waals surface area contributed by atoms with Crippen LogP contribution in [-0.2, 0) is 0 Å². The Kier molecular flexibility index (Phi) is 2.31. The fraction of sp³-hybridized carbons (Fsp3) is 0. The molecule has 0 amide bonds. The molecule has 14 heavy (non-hydrogen) atoms. The minimum absolute atomic E-state index is 0.573. The number of nitro groups is 2. The summed E-state index contributed by atoms with van der Waals surface area (Å²) in [5.41, 5.74) is 7.24. The van der Waals surface area contributed by atoms with Crippen molar-refractivity contribution in [1.82, 2.24) is 0 Å². The number of furan rings is 1. The van der Waals surface area contributed by atoms with Crippen molar-refractivity contribution < 1.29 is 14.3 Å². The first kappa shape index (κ1) is 9.48. The highest BCUT2D eigenvalue weighted by atomic mass is 16.7. The molecule has 0 aliphatic carbocycles. The van der Waals surface area contributed by atoms with Gasteiger partial charge in [0.05, 0.1) is 4.92 Å². The smallest absolute Gasteiger partial charge is 0.391 e. The van der Waals surface area contributed by atoms with Crippen molar-refractivity contribution in [2.45, 2.75) is 0 Å². The predicted octanol–water partition coefficient (Wildman–Crippen LogP) is 2.04. The highest BCUT2D eigenvalue weighted by Gasteiger charge is 2.26. The average molecular weight is 199 g/mol. The van der Waals surface area contributed by atoms with Gasteiger partial charge in [0.15, 0.2) is 0 Å². The van der Waals surface area contributed by atoms with Crippen molar-refractivity contribution in [3.05, 3.63) is 36.7 Å². The Morgan fingerprint density at radius 2 is 2.07 bits per heavy atom. The van der Waals surface area contributed by atoms with Gasteiger partial charge in [-0.2, -0.15) is 0 Å². The Bertz CT molecular complexity index is 423. The van der Waals surface area contributed by atoms with Crippen molar-refractivity contribution in [2.75, 3.05) is 0 Å². The van der Waals surface area contributed by atoms with E-state index in [2.05, 4.69) is 14.4 Å². The second-order valence-electron chi connectivity index (χ2n) is 1.98. The van der Waals surface area contributed by atoms with Gasteiger partial charge in [-0.15, -0.1) is 0 Å². The maximum Gasteiger partial charge on any atom is 0.440 e. The van der Waals surface area contributed by atoms with Gasteiger partial charge in [-0.25, -0.2) is 0 Å². The van der Waals surface area contributed by atoms with E-state index in [4.69, 9.17) is 5.53 Å². The first-order valence-electron chi connectivity index (χ1n) is 3.04. The normalized spacial score (nSPS) is 9.14. The summed E-state index contributed by atoms with van der Waals surface area (Å²) in [5.74, 6) is -1.58. The molecule has 1 heterocycles. The van der Waals surface area contributed by atoms with Gasteiger partial charge in [-0.1, -0.05) is 0 Å². The van der Waals surface area contributed by atoms with E-state index >= 15 is 0 Å². The number of azide groups is 1. The fourth-order valence-electron chi connectivity index (χ4n) is 0.693. The summed E-state index contributed by atoms with van der Waals surface area (Å²) in [4.78, 5) is 20.7. The SMILES string of the molecule is [N-]=[N+]=Nc1oc([N+](=O)[O-])cc1[N+](=O)[O-]. The van der Waals surface area contributed by atoms with E-state index in [1.165, 1.54) is 0 Å². The Morgan fingerprint density at radius 1 is 1.43 bits per heavy atom. The molecule has 10 heteroatoms. The van der Waals surface area contributed by atoms with Crippen molar-refractivity contribution >= 4 is 17.5 Å². The van der Waals surface area contributed by atoms with Crippen LogP contribution in [0.1, 0.15) is 0 Å². The van der Waals surface area contributed by atoms with Crippen LogP contribution < -0.4 is 0 Å². The average Bonchev–Trinajstić information content (AvgIpc) is 2.49. The first-order chi connectivity index (χ1) is 6.56. The molecule has 0 radical (unpaired) electrons. The molecule has 0 atom stereocenters. The summed E-state index contributed by atoms with van der Waals surface area (Å²) in [6.45, 7) is 0. The molecule has 1 aromatic heterocycles. The molecule has 0 bridgehead atoms. The second-order valence-corrected chi connectivity index (χ2v) is 1.98. The molecule has 0 aliphatic heterocycles. The van der Waals surface area contributed by atoms with Crippen LogP contribution in [-0.4, -0.2) is 9.85 Å². The van der Waals surface area contributed by atoms with Crippen LogP contribution in [0, 0.1) is 20.2 Å². The van der Waals surface area contributed by atoms with Crippen molar-refractivity contribution in [2.24, 2.45) is 5.11 Å². The van der Waals surface area contributed by atoms with E-state index in [0.29, 0.717) is 6.07 Å². The highest BCUT2D eigenvalue weighted by Crippen LogP contribution is 2.34. The molecule has 1 rings (SSSR count). The zero-order chi connectivity index (χ0) is 10.7. The van der Waals surface area contributed by atoms with E-state index in [9.17, 15) is 20.2 Å². The number of hydrogen-bond acceptors (Lipinski definition) is 6. The van der Waals surface area contributed by atoms with Gasteiger partial charge in [-0.05, 0) is 10.6 Å². The number of nitrogens with zero attached hydrogens (tertiary/aromatic N) is 5. The Labute approximate surface area is 74.7 Å². The molecule has 0 saturated heterocycles. The molecule has 0 N–H and O–H groups in total. The summed E-state index contributed by atoms with van der Waals surface area (Å²) in [6, 6.07) is 0.573. The Morgan fingerprint density at radius 3 is 2.50 bits per heavy atom. The molecular weight excluding hydrogens is 198 g/mol. The van der Waals surface area contributed by atoms with Crippen LogP contribution in [0.25, 0.3) is 10.4 Å². The standard InChI is InChI=1S/C4HN5O5/c5-7-6-4-2(8(10)11)1-3(14-4)9(12)13/h1H. The van der Waals surface area contributed by atoms with E-state index in [0.717, 1.165) is 0 Å². The third-order valence-electron chi connectivity index (χ3n) is 1.19. The van der Waals surface area contributed by atoms with Crippen LogP contribution in [0.15, 0.2) is 15.6 Å². The lowest BCUT2D eigenvalue weighted by Gasteiger charge is -1.82. The molecule has 0 unspecified atom stereocenters. The minimum Gasteiger partial charge on any atom is -0.391 e. The van der Waals surface area contributed by atoms with Gasteiger partial charge in [0.25, 0.3) is 5.88 Å². The Balaban J connectivity index is 3.32. The fourth-order valence-corrected chi connectivity index (χ4v) is 0.693. The zero-order valence-electron chi connectivity index (χ0n) is 6.35. The van der Waals surface area contributed by atoms with Crippen LogP contribution in [0.4, 0.5) is 17.5 Å². The topological polar surface area (TPSA) is 148 Å². The first-order valence-corrected chi connectivity index (χ1v) is 3.04. The van der Waals surface area contributed by atoms with Gasteiger partial charge >= 0.3 is 11.6 Å². The maximum absolute atomic E-state index is 10.3. The van der Waals surface area contributed by atoms with E-state index in [1.54, 1.807) is 0 Å². The summed E-state index contributed by atoms with van der Waals surface area (Å²) >= 11 is 0. The molecule has 0 spiro atoms. The van der Waals surface area contributed by atoms with Crippen LogP contribution in [0.3, 0.4) is 0 Å². The van der Waals surface area contributed by atoms with E-state index in [-0.39, 0.29) is 0 Å². The van der Waals surface area contributed by atoms with Crippen molar-refractivity contribution in [1.29, 1.82) is 0 Å². The lowest BCUT2D eigenvalue weighted by molar-refractivity contribution is -0.402. The lowest BCUT2D eigenvalue weighted by Crippen LogP contribution is -1.85. The molecular formula is C4HN5O5. The van der Waals surface area contributed by atoms with Crippen LogP contribution in [0.2, 0.25) is 0 Å². The molecule has 0 aliphatic rings. The van der Waals surface area contributed by atoms with E-state index < -0.39 is 27.3 Å². The molecule has 72 valence electrons. The monoisotopic (exact) mass is 199 g/mol. The minimum atomic E-state index is -0.969. The molecule has 1 aromatic rings. The number of hydrogen-bond donors (Lipinski definition) is 0. The van der Waals surface area contributed by atoms with Crippen molar-refractivity contribution in [3.8, 4) is 0 Å². The van der Waals surface area contributed by atoms with Crippen molar-refractivity contribution in [3.63, 3.8) is 0 Å². The van der Waals surface area contributed by atoms with E-state index in [1.807, 2.05) is 0 Å². The molecule has 10 nitrogen and oxygen atoms in total. The molecule has 0 aromatic carbocycles. The quantitative estimate of drug-likeness (QED) is 0.240. The molecule has 0 saturated carbocycles. The summed E-state index contributed by atoms with van der Waals surface area (Å²) in [7, 11) is 0. The summed E-state index contributed by atoms with van der Waals surface area (Å²) < 4.78 is 4.32. The molecule has 0 fully saturated rings. The summed E-state index contributed by atoms with van der Waals surface area (Å²) in [5, 5.41) is 23.2. The third-order valence-corrected chi connectivity index (χ3v) is 1.19. The van der Waals surface area contributed by atoms with Gasteiger partial charge in [-0.3, -0.25) is 20.2 Å².